The average Bonchev–Trinajstić information content (AvgIpc) is 3.00. The number of nitrogens with one attached hydrogen (secondary N) is 1. The van der Waals surface area contributed by atoms with Crippen molar-refractivity contribution in [1.82, 2.24) is 9.97 Å². The third kappa shape index (κ3) is 4.49. The fourth-order valence-corrected chi connectivity index (χ4v) is 4.07. The minimum absolute atomic E-state index is 0.175. The predicted molar refractivity (Wildman–Crippen MR) is 102 cm³/mol. The van der Waals surface area contributed by atoms with E-state index in [1.807, 2.05) is 6.07 Å². The Morgan fingerprint density at radius 1 is 1.32 bits per heavy atom. The Morgan fingerprint density at radius 3 is 2.84 bits per heavy atom. The van der Waals surface area contributed by atoms with Crippen LogP contribution in [0.4, 0.5) is 10.1 Å². The number of nitrogens with zero attached hydrogens (tertiary/aromatic N) is 2. The molecule has 1 unspecified atom stereocenters. The van der Waals surface area contributed by atoms with Crippen LogP contribution in [0, 0.1) is 5.95 Å². The number of H-pyrrole nitrogens is 1. The molecule has 1 aromatic heterocycles. The molecule has 2 heterocycles. The van der Waals surface area contributed by atoms with Gasteiger partial charge in [0.1, 0.15) is 0 Å². The molecule has 25 heavy (non-hydrogen) atoms. The number of aryl methyl sites for hydroxylation is 1. The molecular weight excluding hydrogens is 333 g/mol. The first kappa shape index (κ1) is 18.1. The van der Waals surface area contributed by atoms with Gasteiger partial charge in [0.2, 0.25) is 5.95 Å². The molecule has 1 atom stereocenters. The molecule has 0 saturated heterocycles. The van der Waals surface area contributed by atoms with Crippen molar-refractivity contribution < 1.29 is 9.13 Å². The Bertz CT molecular complexity index is 698. The van der Waals surface area contributed by atoms with E-state index in [9.17, 15) is 4.39 Å². The second-order valence-electron chi connectivity index (χ2n) is 7.93. The van der Waals surface area contributed by atoms with E-state index in [4.69, 9.17) is 4.74 Å². The third-order valence-electron chi connectivity index (χ3n) is 4.75. The van der Waals surface area contributed by atoms with Crippen LogP contribution < -0.4 is 4.90 Å². The van der Waals surface area contributed by atoms with Gasteiger partial charge >= 0.3 is 0 Å². The summed E-state index contributed by atoms with van der Waals surface area (Å²) in [5.41, 5.74) is 3.02. The highest BCUT2D eigenvalue weighted by atomic mass is 28.3. The van der Waals surface area contributed by atoms with Crippen molar-refractivity contribution in [3.8, 4) is 0 Å². The van der Waals surface area contributed by atoms with Gasteiger partial charge in [-0.2, -0.15) is 4.39 Å². The van der Waals surface area contributed by atoms with Crippen molar-refractivity contribution in [1.29, 1.82) is 0 Å². The van der Waals surface area contributed by atoms with Crippen molar-refractivity contribution in [2.75, 3.05) is 24.7 Å². The van der Waals surface area contributed by atoms with Gasteiger partial charge in [-0.25, -0.2) is 4.98 Å². The number of rotatable bonds is 7. The number of fused-ring (bicyclic) bond motifs is 1. The fraction of sp³-hybridized carbons (Fsp3) is 0.526. The Balaban J connectivity index is 1.79. The van der Waals surface area contributed by atoms with Crippen LogP contribution in [0.1, 0.15) is 23.7 Å². The van der Waals surface area contributed by atoms with Gasteiger partial charge < -0.3 is 14.6 Å². The first-order valence-corrected chi connectivity index (χ1v) is 12.8. The molecule has 0 spiro atoms. The summed E-state index contributed by atoms with van der Waals surface area (Å²) in [5.74, 6) is -0.429. The molecule has 0 amide bonds. The zero-order valence-corrected chi connectivity index (χ0v) is 16.4. The fourth-order valence-electron chi connectivity index (χ4n) is 3.31. The number of aromatic nitrogens is 2. The molecule has 2 aromatic rings. The lowest BCUT2D eigenvalue weighted by Crippen LogP contribution is -2.37. The Kier molecular flexibility index (Phi) is 5.59. The van der Waals surface area contributed by atoms with E-state index in [2.05, 4.69) is 52.7 Å². The maximum atomic E-state index is 14.2. The van der Waals surface area contributed by atoms with Gasteiger partial charge in [-0.1, -0.05) is 37.8 Å². The molecule has 0 aliphatic carbocycles. The zero-order chi connectivity index (χ0) is 17.9. The molecule has 6 heteroatoms. The molecule has 136 valence electrons. The average molecular weight is 362 g/mol. The monoisotopic (exact) mass is 361 g/mol. The quantitative estimate of drug-likeness (QED) is 0.587. The molecule has 1 aliphatic heterocycles. The van der Waals surface area contributed by atoms with Crippen LogP contribution in [-0.4, -0.2) is 37.8 Å². The van der Waals surface area contributed by atoms with Gasteiger partial charge in [0.05, 0.1) is 24.7 Å². The highest BCUT2D eigenvalue weighted by Crippen LogP contribution is 2.34. The number of hydrogen-bond acceptors (Lipinski definition) is 3. The normalized spacial score (nSPS) is 15.9. The van der Waals surface area contributed by atoms with Crippen molar-refractivity contribution >= 4 is 13.8 Å². The van der Waals surface area contributed by atoms with E-state index in [0.717, 1.165) is 32.0 Å². The van der Waals surface area contributed by atoms with Crippen molar-refractivity contribution in [2.24, 2.45) is 0 Å². The number of para-hydroxylation sites is 1. The smallest absolute Gasteiger partial charge is 0.236 e. The van der Waals surface area contributed by atoms with Crippen LogP contribution in [0.3, 0.4) is 0 Å². The van der Waals surface area contributed by atoms with Crippen LogP contribution in [0.25, 0.3) is 0 Å². The summed E-state index contributed by atoms with van der Waals surface area (Å²) >= 11 is 0. The van der Waals surface area contributed by atoms with Crippen molar-refractivity contribution in [3.05, 3.63) is 47.8 Å². The molecule has 1 aliphatic rings. The lowest BCUT2D eigenvalue weighted by molar-refractivity contribution is 0.127. The molecule has 3 rings (SSSR count). The van der Waals surface area contributed by atoms with Gasteiger partial charge in [-0.15, -0.1) is 0 Å². The Morgan fingerprint density at radius 2 is 2.12 bits per heavy atom. The molecule has 0 saturated carbocycles. The van der Waals surface area contributed by atoms with Gasteiger partial charge in [0.25, 0.3) is 0 Å². The lowest BCUT2D eigenvalue weighted by Gasteiger charge is -2.37. The van der Waals surface area contributed by atoms with Gasteiger partial charge in [-0.05, 0) is 30.5 Å². The topological polar surface area (TPSA) is 41.1 Å². The number of ether oxygens (including phenoxy) is 1. The molecule has 0 radical (unpaired) electrons. The standard InChI is InChI=1S/C19H28FN3OSi/c1-25(2,3)12-11-24-13-17(18-19(20)22-14-21-18)23-10-6-8-15-7-4-5-9-16(15)23/h4-5,7,9,14,17H,6,8,10-13H2,1-3H3,(H,21,22). The summed E-state index contributed by atoms with van der Waals surface area (Å²) in [6.07, 6.45) is 3.56. The second-order valence-corrected chi connectivity index (χ2v) is 13.6. The number of halogens is 1. The van der Waals surface area contributed by atoms with E-state index in [-0.39, 0.29) is 6.04 Å². The number of anilines is 1. The van der Waals surface area contributed by atoms with E-state index < -0.39 is 14.0 Å². The van der Waals surface area contributed by atoms with E-state index in [1.54, 1.807) is 0 Å². The minimum Gasteiger partial charge on any atom is -0.379 e. The third-order valence-corrected chi connectivity index (χ3v) is 6.45. The summed E-state index contributed by atoms with van der Waals surface area (Å²) in [6, 6.07) is 9.33. The van der Waals surface area contributed by atoms with Crippen LogP contribution in [0.15, 0.2) is 30.6 Å². The van der Waals surface area contributed by atoms with Crippen molar-refractivity contribution in [3.63, 3.8) is 0 Å². The zero-order valence-electron chi connectivity index (χ0n) is 15.4. The van der Waals surface area contributed by atoms with Crippen LogP contribution in [-0.2, 0) is 11.2 Å². The second kappa shape index (κ2) is 7.70. The summed E-state index contributed by atoms with van der Waals surface area (Å²) in [5, 5.41) is 0. The highest BCUT2D eigenvalue weighted by Gasteiger charge is 2.29. The number of imidazole rings is 1. The molecule has 0 fully saturated rings. The van der Waals surface area contributed by atoms with Crippen LogP contribution in [0.2, 0.25) is 25.7 Å². The molecular formula is C19H28FN3OSi. The van der Waals surface area contributed by atoms with Gasteiger partial charge in [0.15, 0.2) is 0 Å². The van der Waals surface area contributed by atoms with E-state index >= 15 is 0 Å². The molecule has 4 nitrogen and oxygen atoms in total. The lowest BCUT2D eigenvalue weighted by atomic mass is 9.99. The summed E-state index contributed by atoms with van der Waals surface area (Å²) in [4.78, 5) is 9.02. The predicted octanol–water partition coefficient (Wildman–Crippen LogP) is 4.40. The number of aromatic amines is 1. The van der Waals surface area contributed by atoms with E-state index in [0.29, 0.717) is 12.3 Å². The highest BCUT2D eigenvalue weighted by molar-refractivity contribution is 6.76. The number of hydrogen-bond donors (Lipinski definition) is 1. The van der Waals surface area contributed by atoms with Gasteiger partial charge in [0, 0.05) is 26.9 Å². The summed E-state index contributed by atoms with van der Waals surface area (Å²) < 4.78 is 20.2. The first-order chi connectivity index (χ1) is 12.0. The minimum atomic E-state index is -1.14. The Labute approximate surface area is 150 Å². The maximum absolute atomic E-state index is 14.2. The number of benzene rings is 1. The van der Waals surface area contributed by atoms with Crippen molar-refractivity contribution in [2.45, 2.75) is 44.6 Å². The summed E-state index contributed by atoms with van der Waals surface area (Å²) in [6.45, 7) is 9.11. The first-order valence-electron chi connectivity index (χ1n) is 9.07. The molecule has 1 aromatic carbocycles. The van der Waals surface area contributed by atoms with Crippen LogP contribution >= 0.6 is 0 Å². The largest absolute Gasteiger partial charge is 0.379 e. The van der Waals surface area contributed by atoms with Gasteiger partial charge in [-0.3, -0.25) is 0 Å². The summed E-state index contributed by atoms with van der Waals surface area (Å²) in [7, 11) is -1.14. The molecule has 0 bridgehead atoms. The molecule has 1 N–H and O–H groups in total. The van der Waals surface area contributed by atoms with Crippen LogP contribution in [0.5, 0.6) is 0 Å². The van der Waals surface area contributed by atoms with E-state index in [1.165, 1.54) is 17.6 Å². The maximum Gasteiger partial charge on any atom is 0.236 e. The Hall–Kier alpha value is -1.66. The SMILES string of the molecule is C[Si](C)(C)CCOCC(c1[nH]cnc1F)N1CCCc2ccccc21.